The molecule has 1 fully saturated rings. The summed E-state index contributed by atoms with van der Waals surface area (Å²) in [5.74, 6) is -1.02. The predicted molar refractivity (Wildman–Crippen MR) is 56.7 cm³/mol. The number of amidine groups is 1. The normalized spacial score (nSPS) is 22.1. The molecule has 1 saturated heterocycles. The van der Waals surface area contributed by atoms with E-state index >= 15 is 0 Å². The van der Waals surface area contributed by atoms with Crippen molar-refractivity contribution >= 4 is 17.6 Å². The van der Waals surface area contributed by atoms with Gasteiger partial charge in [0.2, 0.25) is 0 Å². The van der Waals surface area contributed by atoms with Crippen molar-refractivity contribution in [1.82, 2.24) is 4.90 Å². The molecule has 3 N–H and O–H groups in total. The number of hydrogen-bond acceptors (Lipinski definition) is 4. The summed E-state index contributed by atoms with van der Waals surface area (Å²) in [7, 11) is 0. The molecule has 1 rings (SSSR count). The van der Waals surface area contributed by atoms with E-state index in [1.54, 1.807) is 16.7 Å². The molecule has 0 aliphatic carbocycles. The molecule has 0 aromatic heterocycles. The number of thioether (sulfide) groups is 1. The molecule has 16 heavy (non-hydrogen) atoms. The molecule has 1 atom stereocenters. The van der Waals surface area contributed by atoms with Crippen molar-refractivity contribution in [2.45, 2.75) is 6.18 Å². The lowest BCUT2D eigenvalue weighted by Gasteiger charge is -2.30. The van der Waals surface area contributed by atoms with Crippen LogP contribution in [0.25, 0.3) is 0 Å². The lowest BCUT2D eigenvalue weighted by atomic mass is 10.1. The molecule has 0 radical (unpaired) electrons. The second-order valence-corrected chi connectivity index (χ2v) is 4.76. The van der Waals surface area contributed by atoms with E-state index in [1.807, 2.05) is 0 Å². The number of rotatable bonds is 3. The van der Waals surface area contributed by atoms with Crippen molar-refractivity contribution in [1.29, 1.82) is 0 Å². The zero-order valence-electron chi connectivity index (χ0n) is 8.57. The second-order valence-electron chi connectivity index (χ2n) is 3.53. The summed E-state index contributed by atoms with van der Waals surface area (Å²) < 4.78 is 37.8. The second kappa shape index (κ2) is 5.62. The molecule has 0 amide bonds. The van der Waals surface area contributed by atoms with E-state index in [4.69, 9.17) is 10.9 Å². The summed E-state index contributed by atoms with van der Waals surface area (Å²) in [5.41, 5.74) is 5.07. The highest BCUT2D eigenvalue weighted by Crippen LogP contribution is 2.27. The fourth-order valence-corrected chi connectivity index (χ4v) is 2.46. The Hall–Kier alpha value is -0.630. The summed E-state index contributed by atoms with van der Waals surface area (Å²) in [5, 5.41) is 10.8. The maximum Gasteiger partial charge on any atom is 0.400 e. The highest BCUT2D eigenvalue weighted by atomic mass is 32.2. The van der Waals surface area contributed by atoms with Gasteiger partial charge in [-0.1, -0.05) is 5.16 Å². The Labute approximate surface area is 95.7 Å². The van der Waals surface area contributed by atoms with Crippen LogP contribution in [-0.4, -0.2) is 53.3 Å². The Morgan fingerprint density at radius 1 is 1.44 bits per heavy atom. The average molecular weight is 257 g/mol. The molecule has 94 valence electrons. The zero-order chi connectivity index (χ0) is 12.2. The van der Waals surface area contributed by atoms with Crippen molar-refractivity contribution in [2.75, 3.05) is 31.1 Å². The minimum atomic E-state index is -4.47. The number of hydrogen-bond donors (Lipinski definition) is 2. The summed E-state index contributed by atoms with van der Waals surface area (Å²) in [6.07, 6.45) is -4.47. The first-order valence-corrected chi connectivity index (χ1v) is 5.95. The number of nitrogens with two attached hydrogens (primary N) is 1. The molecule has 0 aromatic carbocycles. The Morgan fingerprint density at radius 2 is 2.00 bits per heavy atom. The van der Waals surface area contributed by atoms with E-state index in [2.05, 4.69) is 5.16 Å². The summed E-state index contributed by atoms with van der Waals surface area (Å²) >= 11 is 1.71. The number of alkyl halides is 3. The fraction of sp³-hybridized carbons (Fsp3) is 0.875. The van der Waals surface area contributed by atoms with Gasteiger partial charge in [-0.25, -0.2) is 0 Å². The molecular weight excluding hydrogens is 243 g/mol. The van der Waals surface area contributed by atoms with Gasteiger partial charge < -0.3 is 15.8 Å². The van der Waals surface area contributed by atoms with Crippen LogP contribution in [-0.2, 0) is 0 Å². The third-order valence-corrected chi connectivity index (χ3v) is 3.35. The maximum atomic E-state index is 12.6. The fourth-order valence-electron chi connectivity index (χ4n) is 1.48. The van der Waals surface area contributed by atoms with Crippen LogP contribution in [0.1, 0.15) is 0 Å². The van der Waals surface area contributed by atoms with Gasteiger partial charge in [0.15, 0.2) is 5.84 Å². The standard InChI is InChI=1S/C8H14F3N3OS/c9-8(10,11)6(7(12)13-15)5-14-1-3-16-4-2-14/h6,15H,1-5H2,(H2,12,13). The lowest BCUT2D eigenvalue weighted by molar-refractivity contribution is -0.160. The molecule has 1 unspecified atom stereocenters. The van der Waals surface area contributed by atoms with Gasteiger partial charge in [-0.15, -0.1) is 0 Å². The van der Waals surface area contributed by atoms with Gasteiger partial charge in [-0.3, -0.25) is 0 Å². The minimum absolute atomic E-state index is 0.236. The molecule has 1 aliphatic rings. The molecule has 0 saturated carbocycles. The lowest BCUT2D eigenvalue weighted by Crippen LogP contribution is -2.46. The summed E-state index contributed by atoms with van der Waals surface area (Å²) in [6.45, 7) is 0.978. The van der Waals surface area contributed by atoms with E-state index in [0.717, 1.165) is 11.5 Å². The van der Waals surface area contributed by atoms with Crippen molar-refractivity contribution < 1.29 is 18.4 Å². The van der Waals surface area contributed by atoms with E-state index in [1.165, 1.54) is 0 Å². The third-order valence-electron chi connectivity index (χ3n) is 2.41. The van der Waals surface area contributed by atoms with Crippen molar-refractivity contribution in [3.05, 3.63) is 0 Å². The third kappa shape index (κ3) is 3.75. The largest absolute Gasteiger partial charge is 0.409 e. The average Bonchev–Trinajstić information content (AvgIpc) is 2.25. The van der Waals surface area contributed by atoms with Gasteiger partial charge in [-0.05, 0) is 0 Å². The van der Waals surface area contributed by atoms with Gasteiger partial charge in [0.25, 0.3) is 0 Å². The van der Waals surface area contributed by atoms with Gasteiger partial charge in [0.1, 0.15) is 5.92 Å². The molecule has 1 heterocycles. The van der Waals surface area contributed by atoms with Crippen LogP contribution in [0.15, 0.2) is 5.16 Å². The first-order valence-electron chi connectivity index (χ1n) is 4.79. The molecule has 8 heteroatoms. The van der Waals surface area contributed by atoms with Crippen LogP contribution < -0.4 is 5.73 Å². The SMILES string of the molecule is NC(=NO)C(CN1CCSCC1)C(F)(F)F. The summed E-state index contributed by atoms with van der Waals surface area (Å²) in [6, 6.07) is 0. The Kier molecular flexibility index (Phi) is 4.72. The Balaban J connectivity index is 2.63. The first-order chi connectivity index (χ1) is 7.45. The van der Waals surface area contributed by atoms with Crippen molar-refractivity contribution in [2.24, 2.45) is 16.8 Å². The van der Waals surface area contributed by atoms with Crippen molar-refractivity contribution in [3.63, 3.8) is 0 Å². The highest BCUT2D eigenvalue weighted by Gasteiger charge is 2.43. The van der Waals surface area contributed by atoms with Gasteiger partial charge in [0, 0.05) is 31.1 Å². The van der Waals surface area contributed by atoms with E-state index in [9.17, 15) is 13.2 Å². The molecule has 0 aromatic rings. The maximum absolute atomic E-state index is 12.6. The van der Waals surface area contributed by atoms with Gasteiger partial charge in [-0.2, -0.15) is 24.9 Å². The van der Waals surface area contributed by atoms with E-state index in [0.29, 0.717) is 13.1 Å². The van der Waals surface area contributed by atoms with Gasteiger partial charge in [0.05, 0.1) is 0 Å². The highest BCUT2D eigenvalue weighted by molar-refractivity contribution is 7.99. The van der Waals surface area contributed by atoms with Crippen LogP contribution in [0.3, 0.4) is 0 Å². The quantitative estimate of drug-likeness (QED) is 0.342. The number of oxime groups is 1. The van der Waals surface area contributed by atoms with Crippen LogP contribution in [0.4, 0.5) is 13.2 Å². The van der Waals surface area contributed by atoms with Gasteiger partial charge >= 0.3 is 6.18 Å². The molecule has 1 aliphatic heterocycles. The van der Waals surface area contributed by atoms with Crippen LogP contribution in [0, 0.1) is 5.92 Å². The Bertz CT molecular complexity index is 253. The summed E-state index contributed by atoms with van der Waals surface area (Å²) in [4.78, 5) is 1.69. The first kappa shape index (κ1) is 13.4. The van der Waals surface area contributed by atoms with Crippen LogP contribution in [0.5, 0.6) is 0 Å². The van der Waals surface area contributed by atoms with Crippen LogP contribution in [0.2, 0.25) is 0 Å². The zero-order valence-corrected chi connectivity index (χ0v) is 9.39. The predicted octanol–water partition coefficient (Wildman–Crippen LogP) is 0.960. The monoisotopic (exact) mass is 257 g/mol. The van der Waals surface area contributed by atoms with E-state index in [-0.39, 0.29) is 6.54 Å². The number of nitrogens with zero attached hydrogens (tertiary/aromatic N) is 2. The number of halogens is 3. The van der Waals surface area contributed by atoms with Crippen molar-refractivity contribution in [3.8, 4) is 0 Å². The smallest absolute Gasteiger partial charge is 0.400 e. The minimum Gasteiger partial charge on any atom is -0.409 e. The molecule has 4 nitrogen and oxygen atoms in total. The van der Waals surface area contributed by atoms with Crippen LogP contribution >= 0.6 is 11.8 Å². The molecular formula is C8H14F3N3OS. The molecule has 0 spiro atoms. The Morgan fingerprint density at radius 3 is 2.44 bits per heavy atom. The topological polar surface area (TPSA) is 61.9 Å². The van der Waals surface area contributed by atoms with E-state index < -0.39 is 17.9 Å². The molecule has 0 bridgehead atoms.